The normalized spacial score (nSPS) is 8.36. The zero-order valence-electron chi connectivity index (χ0n) is 13.5. The Labute approximate surface area is 214 Å². The van der Waals surface area contributed by atoms with Gasteiger partial charge in [0.1, 0.15) is 18.1 Å². The van der Waals surface area contributed by atoms with E-state index in [0.29, 0.717) is 17.7 Å². The Bertz CT molecular complexity index is 536. The molecule has 0 saturated carbocycles. The molecular formula is C14H18Br3KN2O5. The summed E-state index contributed by atoms with van der Waals surface area (Å²) >= 11 is 9.39. The monoisotopic (exact) mass is 570 g/mol. The van der Waals surface area contributed by atoms with Gasteiger partial charge in [-0.15, -0.1) is 0 Å². The van der Waals surface area contributed by atoms with Crippen LogP contribution >= 0.6 is 47.8 Å². The maximum atomic E-state index is 8.72. The van der Waals surface area contributed by atoms with Crippen molar-refractivity contribution in [1.29, 1.82) is 0 Å². The number of rotatable bonds is 4. The Morgan fingerprint density at radius 2 is 1.44 bits per heavy atom. The Kier molecular flexibility index (Phi) is 25.9. The van der Waals surface area contributed by atoms with Crippen LogP contribution in [0.15, 0.2) is 45.9 Å². The van der Waals surface area contributed by atoms with Crippen molar-refractivity contribution in [2.24, 2.45) is 0 Å². The molecule has 0 saturated heterocycles. The van der Waals surface area contributed by atoms with Crippen molar-refractivity contribution in [2.45, 2.75) is 0 Å². The van der Waals surface area contributed by atoms with Gasteiger partial charge >= 0.3 is 51.4 Å². The summed E-state index contributed by atoms with van der Waals surface area (Å²) in [5, 5.41) is 25.7. The minimum absolute atomic E-state index is 0. The third-order valence-electron chi connectivity index (χ3n) is 1.81. The van der Waals surface area contributed by atoms with Gasteiger partial charge in [0.05, 0.1) is 25.6 Å². The van der Waals surface area contributed by atoms with Gasteiger partial charge in [-0.2, -0.15) is 0 Å². The number of hydrogen-bond acceptors (Lipinski definition) is 7. The van der Waals surface area contributed by atoms with Crippen molar-refractivity contribution in [3.05, 3.63) is 45.9 Å². The number of ether oxygens (including phenoxy) is 1. The molecule has 7 nitrogen and oxygen atoms in total. The van der Waals surface area contributed by atoms with Gasteiger partial charge < -0.3 is 25.5 Å². The molecule has 0 atom stereocenters. The standard InChI is InChI=1S/C7H8BrNO2.C5H4BrNO.C2H5BrO.K.H2O/c8-6-3-7(5-9-4-6)11-2-1-10;6-4-1-5(8)3-7-2-4;3-1-2-4;;/h3-5,10H,1-2H2;1-3,8H;4H,1-2H2;;1H2/q;;;+1;/p-1. The topological polar surface area (TPSA) is 126 Å². The number of hydrogen-bond donors (Lipinski definition) is 3. The van der Waals surface area contributed by atoms with Crippen molar-refractivity contribution >= 4 is 47.8 Å². The summed E-state index contributed by atoms with van der Waals surface area (Å²) in [4.78, 5) is 7.57. The van der Waals surface area contributed by atoms with Crippen molar-refractivity contribution in [3.8, 4) is 11.5 Å². The summed E-state index contributed by atoms with van der Waals surface area (Å²) < 4.78 is 6.75. The first-order valence-corrected chi connectivity index (χ1v) is 9.04. The number of aliphatic hydroxyl groups is 2. The van der Waals surface area contributed by atoms with Gasteiger partial charge in [0, 0.05) is 26.7 Å². The molecule has 2 rings (SSSR count). The van der Waals surface area contributed by atoms with Crippen LogP contribution in [0.5, 0.6) is 11.5 Å². The molecule has 0 amide bonds. The molecule has 136 valence electrons. The molecule has 0 aliphatic heterocycles. The van der Waals surface area contributed by atoms with Gasteiger partial charge in [-0.25, -0.2) is 0 Å². The number of nitrogens with zero attached hydrogens (tertiary/aromatic N) is 2. The Hall–Kier alpha value is 0.856. The van der Waals surface area contributed by atoms with Gasteiger partial charge in [-0.3, -0.25) is 9.97 Å². The fourth-order valence-corrected chi connectivity index (χ4v) is 1.73. The SMILES string of the molecule is OCCBr.OCCOc1cncc(Br)c1.Oc1cncc(Br)c1.[K+].[OH-]. The van der Waals surface area contributed by atoms with E-state index in [9.17, 15) is 0 Å². The second kappa shape index (κ2) is 21.2. The maximum Gasteiger partial charge on any atom is 1.00 e. The van der Waals surface area contributed by atoms with Gasteiger partial charge in [0.2, 0.25) is 0 Å². The van der Waals surface area contributed by atoms with Crippen LogP contribution < -0.4 is 56.1 Å². The molecule has 0 aliphatic carbocycles. The fourth-order valence-electron chi connectivity index (χ4n) is 1.04. The van der Waals surface area contributed by atoms with E-state index < -0.39 is 0 Å². The number of aromatic hydroxyl groups is 1. The molecule has 0 fully saturated rings. The van der Waals surface area contributed by atoms with Crippen LogP contribution in [0.3, 0.4) is 0 Å². The van der Waals surface area contributed by atoms with Crippen LogP contribution in [-0.4, -0.2) is 55.9 Å². The summed E-state index contributed by atoms with van der Waals surface area (Å²) in [5.41, 5.74) is 0. The van der Waals surface area contributed by atoms with E-state index in [4.69, 9.17) is 20.1 Å². The number of pyridine rings is 2. The van der Waals surface area contributed by atoms with E-state index in [2.05, 4.69) is 57.8 Å². The summed E-state index contributed by atoms with van der Waals surface area (Å²) in [6, 6.07) is 3.37. The van der Waals surface area contributed by atoms with Crippen LogP contribution in [0.4, 0.5) is 0 Å². The molecular weight excluding hydrogens is 555 g/mol. The minimum Gasteiger partial charge on any atom is -0.870 e. The zero-order valence-corrected chi connectivity index (χ0v) is 21.4. The molecule has 0 aromatic carbocycles. The summed E-state index contributed by atoms with van der Waals surface area (Å²) in [7, 11) is 0. The molecule has 4 N–H and O–H groups in total. The van der Waals surface area contributed by atoms with Gasteiger partial charge in [-0.1, -0.05) is 15.9 Å². The number of alkyl halides is 1. The molecule has 2 heterocycles. The van der Waals surface area contributed by atoms with Gasteiger partial charge in [-0.05, 0) is 44.0 Å². The van der Waals surface area contributed by atoms with Gasteiger partial charge in [0.25, 0.3) is 0 Å². The van der Waals surface area contributed by atoms with Gasteiger partial charge in [0.15, 0.2) is 0 Å². The molecule has 0 spiro atoms. The van der Waals surface area contributed by atoms with Crippen LogP contribution in [-0.2, 0) is 0 Å². The number of halogens is 3. The van der Waals surface area contributed by atoms with Crippen LogP contribution in [0, 0.1) is 0 Å². The number of aromatic nitrogens is 2. The first kappa shape index (κ1) is 30.6. The first-order valence-electron chi connectivity index (χ1n) is 6.34. The molecule has 11 heteroatoms. The zero-order chi connectivity index (χ0) is 17.5. The van der Waals surface area contributed by atoms with E-state index in [0.717, 1.165) is 8.95 Å². The minimum atomic E-state index is 0. The molecule has 2 aromatic rings. The smallest absolute Gasteiger partial charge is 0.870 e. The van der Waals surface area contributed by atoms with Crippen molar-refractivity contribution in [2.75, 3.05) is 25.2 Å². The average molecular weight is 573 g/mol. The molecule has 0 bridgehead atoms. The second-order valence-electron chi connectivity index (χ2n) is 3.68. The van der Waals surface area contributed by atoms with Crippen molar-refractivity contribution in [3.63, 3.8) is 0 Å². The van der Waals surface area contributed by atoms with Crippen LogP contribution in [0.2, 0.25) is 0 Å². The predicted octanol–water partition coefficient (Wildman–Crippen LogP) is -0.0343. The molecule has 25 heavy (non-hydrogen) atoms. The second-order valence-corrected chi connectivity index (χ2v) is 6.31. The summed E-state index contributed by atoms with van der Waals surface area (Å²) in [5.74, 6) is 0.841. The maximum absolute atomic E-state index is 8.72. The third-order valence-corrected chi connectivity index (χ3v) is 3.04. The Morgan fingerprint density at radius 3 is 1.80 bits per heavy atom. The molecule has 0 radical (unpaired) electrons. The first-order chi connectivity index (χ1) is 11.0. The number of aliphatic hydroxyl groups excluding tert-OH is 2. The van der Waals surface area contributed by atoms with E-state index in [1.165, 1.54) is 6.20 Å². The van der Waals surface area contributed by atoms with E-state index in [1.54, 1.807) is 30.7 Å². The largest absolute Gasteiger partial charge is 1.00 e. The quantitative estimate of drug-likeness (QED) is 0.347. The third kappa shape index (κ3) is 19.4. The van der Waals surface area contributed by atoms with E-state index in [1.807, 2.05) is 0 Å². The summed E-state index contributed by atoms with van der Waals surface area (Å²) in [6.07, 6.45) is 6.26. The predicted molar refractivity (Wildman–Crippen MR) is 101 cm³/mol. The average Bonchev–Trinajstić information content (AvgIpc) is 2.53. The van der Waals surface area contributed by atoms with Crippen LogP contribution in [0.25, 0.3) is 0 Å². The van der Waals surface area contributed by atoms with Crippen molar-refractivity contribution < 1.29 is 76.9 Å². The Balaban J connectivity index is -0.000000308. The summed E-state index contributed by atoms with van der Waals surface area (Å²) in [6.45, 7) is 0.560. The molecule has 2 aromatic heterocycles. The van der Waals surface area contributed by atoms with E-state index >= 15 is 0 Å². The van der Waals surface area contributed by atoms with E-state index in [-0.39, 0.29) is 75.8 Å². The Morgan fingerprint density at radius 1 is 0.920 bits per heavy atom. The molecule has 0 unspecified atom stereocenters. The van der Waals surface area contributed by atoms with Crippen LogP contribution in [0.1, 0.15) is 0 Å². The fraction of sp³-hybridized carbons (Fsp3) is 0.286. The molecule has 0 aliphatic rings. The van der Waals surface area contributed by atoms with Crippen molar-refractivity contribution in [1.82, 2.24) is 9.97 Å².